The van der Waals surface area contributed by atoms with Crippen LogP contribution in [-0.2, 0) is 38.0 Å². The number of nitrogens with zero attached hydrogens (tertiary/aromatic N) is 5. The Bertz CT molecular complexity index is 1950. The highest BCUT2D eigenvalue weighted by Crippen LogP contribution is 2.26. The lowest BCUT2D eigenvalue weighted by Gasteiger charge is -2.10. The molecule has 0 spiro atoms. The first-order valence-corrected chi connectivity index (χ1v) is 14.7. The van der Waals surface area contributed by atoms with Crippen LogP contribution < -0.4 is 5.32 Å². The van der Waals surface area contributed by atoms with Crippen LogP contribution in [0, 0.1) is 0 Å². The fraction of sp³-hybridized carbons (Fsp3) is 0.206. The van der Waals surface area contributed by atoms with E-state index in [2.05, 4.69) is 35.5 Å². The van der Waals surface area contributed by atoms with Gasteiger partial charge in [-0.3, -0.25) is 9.59 Å². The molecule has 0 saturated heterocycles. The fourth-order valence-corrected chi connectivity index (χ4v) is 3.98. The Morgan fingerprint density at radius 2 is 1.19 bits per heavy atom. The van der Waals surface area contributed by atoms with Gasteiger partial charge in [-0.15, -0.1) is 10.2 Å². The van der Waals surface area contributed by atoms with Crippen LogP contribution in [0.2, 0.25) is 0 Å². The molecule has 3 aromatic rings. The first-order chi connectivity index (χ1) is 24.9. The number of ether oxygens (including phenoxy) is 6. The summed E-state index contributed by atoms with van der Waals surface area (Å²) >= 11 is 0. The maximum Gasteiger partial charge on any atom is 0.340 e. The van der Waals surface area contributed by atoms with Crippen LogP contribution >= 0.6 is 0 Å². The Morgan fingerprint density at radius 1 is 0.673 bits per heavy atom. The number of ketones is 1. The average Bonchev–Trinajstić information content (AvgIpc) is 3.15. The Hall–Kier alpha value is -7.11. The summed E-state index contributed by atoms with van der Waals surface area (Å²) in [6.07, 6.45) is 2.12. The Morgan fingerprint density at radius 3 is 1.67 bits per heavy atom. The van der Waals surface area contributed by atoms with Crippen LogP contribution in [0.4, 0.5) is 22.7 Å². The summed E-state index contributed by atoms with van der Waals surface area (Å²) in [6, 6.07) is 12.2. The molecule has 18 nitrogen and oxygen atoms in total. The van der Waals surface area contributed by atoms with Crippen molar-refractivity contribution in [3.8, 4) is 0 Å². The molecule has 0 aromatic heterocycles. The highest BCUT2D eigenvalue weighted by atomic mass is 16.5. The van der Waals surface area contributed by atoms with Crippen molar-refractivity contribution in [2.24, 2.45) is 25.4 Å². The standard InChI is InChI=1S/C34H32N6O12/c1-19(41)29(40-38-27-16-21(32(44)49-4)8-14-25(27)34(46)51-6)30(42)36-23-11-9-22(10-12-23)35-18-52-28(17-47-2)39-37-26-15-20(31(43)48-3)7-13-24(26)33(45)50-5/h7-18,29H,1-6H3,(H,36,42). The van der Waals surface area contributed by atoms with Crippen LogP contribution in [0.3, 0.4) is 0 Å². The molecule has 1 amide bonds. The second-order valence-corrected chi connectivity index (χ2v) is 9.94. The molecule has 3 rings (SSSR count). The maximum absolute atomic E-state index is 13.0. The molecule has 1 N–H and O–H groups in total. The van der Waals surface area contributed by atoms with Gasteiger partial charge in [-0.2, -0.15) is 10.2 Å². The molecule has 0 heterocycles. The van der Waals surface area contributed by atoms with Gasteiger partial charge in [-0.1, -0.05) is 0 Å². The second-order valence-electron chi connectivity index (χ2n) is 9.94. The predicted molar refractivity (Wildman–Crippen MR) is 181 cm³/mol. The first-order valence-electron chi connectivity index (χ1n) is 14.7. The van der Waals surface area contributed by atoms with Gasteiger partial charge in [0, 0.05) is 5.69 Å². The molecule has 3 aromatic carbocycles. The molecular weight excluding hydrogens is 684 g/mol. The summed E-state index contributed by atoms with van der Waals surface area (Å²) in [5.74, 6) is -4.54. The van der Waals surface area contributed by atoms with E-state index in [-0.39, 0.29) is 45.2 Å². The zero-order valence-electron chi connectivity index (χ0n) is 28.6. The van der Waals surface area contributed by atoms with Crippen molar-refractivity contribution in [3.63, 3.8) is 0 Å². The van der Waals surface area contributed by atoms with E-state index in [0.29, 0.717) is 5.69 Å². The lowest BCUT2D eigenvalue weighted by molar-refractivity contribution is -0.126. The van der Waals surface area contributed by atoms with E-state index in [0.717, 1.165) is 26.7 Å². The van der Waals surface area contributed by atoms with Crippen molar-refractivity contribution in [1.82, 2.24) is 0 Å². The largest absolute Gasteiger partial charge is 0.499 e. The van der Waals surface area contributed by atoms with Gasteiger partial charge in [-0.05, 0) is 67.6 Å². The quantitative estimate of drug-likeness (QED) is 0.0395. The van der Waals surface area contributed by atoms with Crippen LogP contribution in [0.1, 0.15) is 48.4 Å². The molecule has 52 heavy (non-hydrogen) atoms. The van der Waals surface area contributed by atoms with Crippen LogP contribution in [0.15, 0.2) is 98.3 Å². The van der Waals surface area contributed by atoms with Crippen molar-refractivity contribution < 1.29 is 57.2 Å². The SMILES string of the molecule is COC=C(N=Nc1cc(C(=O)OC)ccc1C(=O)OC)OC=Nc1ccc(NC(=O)C(N=Nc2cc(C(=O)OC)ccc2C(=O)OC)C(C)=O)cc1. The minimum absolute atomic E-state index is 0.0119. The van der Waals surface area contributed by atoms with E-state index in [1.165, 1.54) is 89.1 Å². The summed E-state index contributed by atoms with van der Waals surface area (Å²) < 4.78 is 29.2. The molecule has 0 bridgehead atoms. The number of carbonyl (C=O) groups is 6. The third-order valence-electron chi connectivity index (χ3n) is 6.55. The van der Waals surface area contributed by atoms with Crippen LogP contribution in [0.25, 0.3) is 0 Å². The third-order valence-corrected chi connectivity index (χ3v) is 6.55. The number of methoxy groups -OCH3 is 5. The highest BCUT2D eigenvalue weighted by molar-refractivity contribution is 6.10. The molecule has 1 unspecified atom stereocenters. The molecule has 270 valence electrons. The van der Waals surface area contributed by atoms with Crippen LogP contribution in [0.5, 0.6) is 0 Å². The number of benzene rings is 3. The second kappa shape index (κ2) is 19.2. The maximum atomic E-state index is 13.0. The lowest BCUT2D eigenvalue weighted by atomic mass is 10.1. The molecule has 18 heteroatoms. The van der Waals surface area contributed by atoms with Crippen LogP contribution in [-0.4, -0.2) is 83.6 Å². The highest BCUT2D eigenvalue weighted by Gasteiger charge is 2.24. The van der Waals surface area contributed by atoms with E-state index >= 15 is 0 Å². The average molecular weight is 717 g/mol. The Balaban J connectivity index is 1.73. The van der Waals surface area contributed by atoms with Crippen molar-refractivity contribution >= 4 is 64.7 Å². The van der Waals surface area contributed by atoms with E-state index in [4.69, 9.17) is 23.7 Å². The number of aliphatic imine (C=N–C) groups is 1. The van der Waals surface area contributed by atoms with E-state index in [9.17, 15) is 28.8 Å². The molecule has 0 saturated carbocycles. The van der Waals surface area contributed by atoms with Gasteiger partial charge in [0.2, 0.25) is 6.04 Å². The van der Waals surface area contributed by atoms with Gasteiger partial charge in [0.15, 0.2) is 12.2 Å². The normalized spacial score (nSPS) is 11.9. The van der Waals surface area contributed by atoms with Crippen molar-refractivity contribution in [2.75, 3.05) is 40.9 Å². The molecular formula is C34H32N6O12. The van der Waals surface area contributed by atoms with Crippen molar-refractivity contribution in [2.45, 2.75) is 13.0 Å². The van der Waals surface area contributed by atoms with E-state index in [1.807, 2.05) is 0 Å². The summed E-state index contributed by atoms with van der Waals surface area (Å²) in [6.45, 7) is 1.14. The van der Waals surface area contributed by atoms with Gasteiger partial charge in [0.25, 0.3) is 11.8 Å². The van der Waals surface area contributed by atoms with Gasteiger partial charge in [-0.25, -0.2) is 24.2 Å². The zero-order chi connectivity index (χ0) is 38.2. The fourth-order valence-electron chi connectivity index (χ4n) is 3.98. The minimum atomic E-state index is -1.61. The number of anilines is 1. The molecule has 0 aliphatic rings. The first kappa shape index (κ1) is 39.3. The van der Waals surface area contributed by atoms with E-state index in [1.54, 1.807) is 0 Å². The zero-order valence-corrected chi connectivity index (χ0v) is 28.6. The number of azo groups is 2. The smallest absolute Gasteiger partial charge is 0.340 e. The number of hydrogen-bond acceptors (Lipinski definition) is 17. The minimum Gasteiger partial charge on any atom is -0.499 e. The number of nitrogens with one attached hydrogen (secondary N) is 1. The van der Waals surface area contributed by atoms with Gasteiger partial charge >= 0.3 is 23.9 Å². The summed E-state index contributed by atoms with van der Waals surface area (Å²) in [5.41, 5.74) is 0.631. The Kier molecular flexibility index (Phi) is 14.5. The predicted octanol–water partition coefficient (Wildman–Crippen LogP) is 5.42. The molecule has 0 aliphatic carbocycles. The molecule has 0 fully saturated rings. The van der Waals surface area contributed by atoms with Gasteiger partial charge < -0.3 is 33.7 Å². The lowest BCUT2D eigenvalue weighted by Crippen LogP contribution is -2.31. The molecule has 0 aliphatic heterocycles. The topological polar surface area (TPSA) is 232 Å². The molecule has 0 radical (unpaired) electrons. The number of hydrogen-bond donors (Lipinski definition) is 1. The van der Waals surface area contributed by atoms with Crippen molar-refractivity contribution in [1.29, 1.82) is 0 Å². The number of rotatable bonds is 15. The monoisotopic (exact) mass is 716 g/mol. The number of amides is 1. The summed E-state index contributed by atoms with van der Waals surface area (Å²) in [4.78, 5) is 77.8. The summed E-state index contributed by atoms with van der Waals surface area (Å²) in [5, 5.41) is 18.2. The van der Waals surface area contributed by atoms with Gasteiger partial charge in [0.05, 0.1) is 63.5 Å². The van der Waals surface area contributed by atoms with Crippen molar-refractivity contribution in [3.05, 3.63) is 95.1 Å². The Labute approximate surface area is 296 Å². The number of carbonyl (C=O) groups excluding carboxylic acids is 6. The van der Waals surface area contributed by atoms with Gasteiger partial charge in [0.1, 0.15) is 17.6 Å². The summed E-state index contributed by atoms with van der Waals surface area (Å²) in [7, 11) is 6.05. The number of esters is 4. The third kappa shape index (κ3) is 10.7. The van der Waals surface area contributed by atoms with E-state index < -0.39 is 41.6 Å². The molecule has 1 atom stereocenters. The number of Topliss-reactive ketones (excluding diaryl/α,β-unsaturated/α-hetero) is 1.